The van der Waals surface area contributed by atoms with E-state index in [1.165, 1.54) is 17.4 Å². The summed E-state index contributed by atoms with van der Waals surface area (Å²) in [4.78, 5) is 16.2. The van der Waals surface area contributed by atoms with Crippen LogP contribution < -0.4 is 19.5 Å². The number of aromatic nitrogens is 1. The quantitative estimate of drug-likeness (QED) is 0.285. The van der Waals surface area contributed by atoms with Gasteiger partial charge in [-0.15, -0.1) is 11.3 Å². The first-order valence-electron chi connectivity index (χ1n) is 9.50. The van der Waals surface area contributed by atoms with E-state index in [4.69, 9.17) is 14.2 Å². The number of carbonyl (C=O) groups is 1. The van der Waals surface area contributed by atoms with E-state index < -0.39 is 5.91 Å². The van der Waals surface area contributed by atoms with E-state index in [0.717, 1.165) is 17.1 Å². The van der Waals surface area contributed by atoms with Crippen molar-refractivity contribution in [2.24, 2.45) is 0 Å². The predicted molar refractivity (Wildman–Crippen MR) is 119 cm³/mol. The van der Waals surface area contributed by atoms with Gasteiger partial charge in [0.2, 0.25) is 0 Å². The van der Waals surface area contributed by atoms with E-state index in [2.05, 4.69) is 10.3 Å². The molecule has 1 amide bonds. The molecule has 0 fully saturated rings. The Morgan fingerprint density at radius 2 is 1.87 bits per heavy atom. The number of benzene rings is 2. The fraction of sp³-hybridized carbons (Fsp3) is 0.174. The van der Waals surface area contributed by atoms with Gasteiger partial charge in [0.15, 0.2) is 5.13 Å². The summed E-state index contributed by atoms with van der Waals surface area (Å²) in [6.07, 6.45) is 3.82. The van der Waals surface area contributed by atoms with Crippen LogP contribution in [0.1, 0.15) is 12.0 Å². The number of nitrogens with one attached hydrogen (secondary N) is 1. The van der Waals surface area contributed by atoms with Gasteiger partial charge in [0.25, 0.3) is 5.91 Å². The first kappa shape index (κ1) is 21.9. The van der Waals surface area contributed by atoms with Gasteiger partial charge in [-0.2, -0.15) is 5.26 Å². The van der Waals surface area contributed by atoms with Crippen molar-refractivity contribution in [2.45, 2.75) is 6.42 Å². The minimum atomic E-state index is -0.492. The lowest BCUT2D eigenvalue weighted by atomic mass is 10.1. The molecule has 31 heavy (non-hydrogen) atoms. The van der Waals surface area contributed by atoms with Crippen LogP contribution in [0, 0.1) is 11.3 Å². The van der Waals surface area contributed by atoms with Gasteiger partial charge in [-0.25, -0.2) is 4.98 Å². The Labute approximate surface area is 184 Å². The molecule has 158 valence electrons. The van der Waals surface area contributed by atoms with Crippen LogP contribution in [-0.4, -0.2) is 31.2 Å². The number of ether oxygens (including phenoxy) is 3. The first-order chi connectivity index (χ1) is 15.2. The lowest BCUT2D eigenvalue weighted by Gasteiger charge is -2.09. The molecule has 3 aromatic rings. The topological polar surface area (TPSA) is 93.5 Å². The number of thiazole rings is 1. The minimum absolute atomic E-state index is 0.00133. The number of methoxy groups -OCH3 is 1. The predicted octanol–water partition coefficient (Wildman–Crippen LogP) is 4.55. The van der Waals surface area contributed by atoms with Gasteiger partial charge in [0.1, 0.15) is 28.9 Å². The van der Waals surface area contributed by atoms with Crippen molar-refractivity contribution >= 4 is 28.5 Å². The van der Waals surface area contributed by atoms with Crippen LogP contribution in [0.15, 0.2) is 65.7 Å². The fourth-order valence-corrected chi connectivity index (χ4v) is 3.08. The molecule has 1 N–H and O–H groups in total. The summed E-state index contributed by atoms with van der Waals surface area (Å²) < 4.78 is 16.6. The molecule has 0 saturated heterocycles. The third-order valence-electron chi connectivity index (χ3n) is 4.08. The Bertz CT molecular complexity index is 1060. The molecule has 0 bridgehead atoms. The summed E-state index contributed by atoms with van der Waals surface area (Å²) in [6.45, 7) is 1.02. The van der Waals surface area contributed by atoms with E-state index in [9.17, 15) is 10.1 Å². The maximum atomic E-state index is 12.2. The Hall–Kier alpha value is -3.83. The zero-order valence-electron chi connectivity index (χ0n) is 16.9. The summed E-state index contributed by atoms with van der Waals surface area (Å²) >= 11 is 1.29. The van der Waals surface area contributed by atoms with Gasteiger partial charge in [0.05, 0.1) is 20.3 Å². The molecule has 3 rings (SSSR count). The molecule has 1 heterocycles. The molecule has 0 radical (unpaired) electrons. The molecule has 0 atom stereocenters. The largest absolute Gasteiger partial charge is 0.497 e. The van der Waals surface area contributed by atoms with Crippen LogP contribution in [-0.2, 0) is 4.79 Å². The highest BCUT2D eigenvalue weighted by Gasteiger charge is 2.10. The normalized spacial score (nSPS) is 10.8. The number of carbonyl (C=O) groups excluding carboxylic acids is 1. The number of hydrogen-bond donors (Lipinski definition) is 1. The molecule has 0 spiro atoms. The molecular formula is C23H21N3O4S. The summed E-state index contributed by atoms with van der Waals surface area (Å²) in [5, 5.41) is 14.1. The van der Waals surface area contributed by atoms with E-state index in [0.29, 0.717) is 30.5 Å². The molecule has 7 nitrogen and oxygen atoms in total. The summed E-state index contributed by atoms with van der Waals surface area (Å²) in [6, 6.07) is 16.5. The SMILES string of the molecule is COc1cccc(OCCCOc2ccc(/C=C(/C#N)C(=O)Nc3nccs3)cc2)c1. The summed E-state index contributed by atoms with van der Waals surface area (Å²) in [5.74, 6) is 1.71. The Morgan fingerprint density at radius 3 is 2.55 bits per heavy atom. The second-order valence-corrected chi connectivity index (χ2v) is 7.15. The zero-order valence-corrected chi connectivity index (χ0v) is 17.7. The van der Waals surface area contributed by atoms with Crippen molar-refractivity contribution < 1.29 is 19.0 Å². The monoisotopic (exact) mass is 435 g/mol. The van der Waals surface area contributed by atoms with Crippen LogP contribution in [0.2, 0.25) is 0 Å². The number of anilines is 1. The molecule has 1 aromatic heterocycles. The van der Waals surface area contributed by atoms with Crippen LogP contribution in [0.3, 0.4) is 0 Å². The number of nitriles is 1. The molecule has 0 aliphatic rings. The van der Waals surface area contributed by atoms with Crippen molar-refractivity contribution in [3.8, 4) is 23.3 Å². The van der Waals surface area contributed by atoms with Crippen LogP contribution in [0.25, 0.3) is 6.08 Å². The average molecular weight is 436 g/mol. The molecule has 0 aliphatic carbocycles. The Balaban J connectivity index is 1.45. The summed E-state index contributed by atoms with van der Waals surface area (Å²) in [5.41, 5.74) is 0.720. The van der Waals surface area contributed by atoms with Crippen molar-refractivity contribution in [2.75, 3.05) is 25.6 Å². The number of nitrogens with zero attached hydrogens (tertiary/aromatic N) is 2. The van der Waals surface area contributed by atoms with Gasteiger partial charge in [-0.1, -0.05) is 18.2 Å². The van der Waals surface area contributed by atoms with E-state index in [-0.39, 0.29) is 5.57 Å². The van der Waals surface area contributed by atoms with E-state index in [1.54, 1.807) is 43.0 Å². The first-order valence-corrected chi connectivity index (χ1v) is 10.4. The van der Waals surface area contributed by atoms with Crippen molar-refractivity contribution in [3.63, 3.8) is 0 Å². The fourth-order valence-electron chi connectivity index (χ4n) is 2.56. The average Bonchev–Trinajstić information content (AvgIpc) is 3.31. The van der Waals surface area contributed by atoms with Crippen LogP contribution in [0.4, 0.5) is 5.13 Å². The smallest absolute Gasteiger partial charge is 0.268 e. The van der Waals surface area contributed by atoms with E-state index >= 15 is 0 Å². The lowest BCUT2D eigenvalue weighted by Crippen LogP contribution is -2.13. The highest BCUT2D eigenvalue weighted by atomic mass is 32.1. The van der Waals surface area contributed by atoms with E-state index in [1.807, 2.05) is 30.3 Å². The third kappa shape index (κ3) is 6.87. The molecule has 2 aromatic carbocycles. The molecule has 8 heteroatoms. The van der Waals surface area contributed by atoms with Crippen molar-refractivity contribution in [1.29, 1.82) is 5.26 Å². The lowest BCUT2D eigenvalue weighted by molar-refractivity contribution is -0.112. The number of amides is 1. The van der Waals surface area contributed by atoms with Crippen molar-refractivity contribution in [1.82, 2.24) is 4.98 Å². The van der Waals surface area contributed by atoms with Gasteiger partial charge < -0.3 is 14.2 Å². The molecule has 0 unspecified atom stereocenters. The molecule has 0 saturated carbocycles. The van der Waals surface area contributed by atoms with Gasteiger partial charge >= 0.3 is 0 Å². The number of hydrogen-bond acceptors (Lipinski definition) is 7. The standard InChI is InChI=1S/C23H21N3O4S/c1-28-20-4-2-5-21(15-20)30-12-3-11-29-19-8-6-17(7-9-19)14-18(16-24)22(27)26-23-25-10-13-31-23/h2,4-10,13-15H,3,11-12H2,1H3,(H,25,26,27)/b18-14-. The Kier molecular flexibility index (Phi) is 8.03. The van der Waals surface area contributed by atoms with Gasteiger partial charge in [-0.05, 0) is 35.9 Å². The van der Waals surface area contributed by atoms with Crippen LogP contribution in [0.5, 0.6) is 17.2 Å². The summed E-state index contributed by atoms with van der Waals surface area (Å²) in [7, 11) is 1.62. The van der Waals surface area contributed by atoms with Crippen molar-refractivity contribution in [3.05, 3.63) is 71.2 Å². The number of rotatable bonds is 10. The molecular weight excluding hydrogens is 414 g/mol. The maximum Gasteiger partial charge on any atom is 0.268 e. The van der Waals surface area contributed by atoms with Crippen LogP contribution >= 0.6 is 11.3 Å². The zero-order chi connectivity index (χ0) is 21.9. The Morgan fingerprint density at radius 1 is 1.13 bits per heavy atom. The second-order valence-electron chi connectivity index (χ2n) is 6.26. The third-order valence-corrected chi connectivity index (χ3v) is 4.76. The van der Waals surface area contributed by atoms with Gasteiger partial charge in [-0.3, -0.25) is 10.1 Å². The molecule has 0 aliphatic heterocycles. The minimum Gasteiger partial charge on any atom is -0.497 e. The second kappa shape index (κ2) is 11.4. The maximum absolute atomic E-state index is 12.2. The van der Waals surface area contributed by atoms with Gasteiger partial charge in [0, 0.05) is 24.1 Å². The highest BCUT2D eigenvalue weighted by Crippen LogP contribution is 2.19. The highest BCUT2D eigenvalue weighted by molar-refractivity contribution is 7.13.